The Hall–Kier alpha value is -0.480. The van der Waals surface area contributed by atoms with E-state index in [1.165, 1.54) is 10.4 Å². The van der Waals surface area contributed by atoms with Gasteiger partial charge >= 0.3 is 0 Å². The Bertz CT molecular complexity index is 292. The van der Waals surface area contributed by atoms with Gasteiger partial charge in [0.25, 0.3) is 0 Å². The number of amidine groups is 1. The molecular weight excluding hydrogens is 200 g/mol. The average molecular weight is 214 g/mol. The Morgan fingerprint density at radius 3 is 2.92 bits per heavy atom. The number of nitrogens with zero attached hydrogens (tertiary/aromatic N) is 1. The fraction of sp³-hybridized carbons (Fsp3) is 0.444. The predicted octanol–water partition coefficient (Wildman–Crippen LogP) is 2.49. The van der Waals surface area contributed by atoms with Crippen molar-refractivity contribution in [3.63, 3.8) is 0 Å². The van der Waals surface area contributed by atoms with E-state index in [4.69, 9.17) is 0 Å². The standard InChI is InChI=1S/C9H14N2S2/c1-7-4-8(5-12-7)6-13-9(10-2)11-3/h4-5H,6H2,1-3H3,(H,10,11). The third-order valence-corrected chi connectivity index (χ3v) is 3.63. The lowest BCUT2D eigenvalue weighted by atomic mass is 10.3. The number of hydrogen-bond acceptors (Lipinski definition) is 3. The summed E-state index contributed by atoms with van der Waals surface area (Å²) in [6.07, 6.45) is 0. The van der Waals surface area contributed by atoms with E-state index in [9.17, 15) is 0 Å². The molecule has 0 spiro atoms. The van der Waals surface area contributed by atoms with Crippen LogP contribution in [-0.4, -0.2) is 19.3 Å². The summed E-state index contributed by atoms with van der Waals surface area (Å²) >= 11 is 3.53. The fourth-order valence-electron chi connectivity index (χ4n) is 0.974. The molecule has 0 aromatic carbocycles. The molecule has 0 atom stereocenters. The summed E-state index contributed by atoms with van der Waals surface area (Å²) in [7, 11) is 3.70. The summed E-state index contributed by atoms with van der Waals surface area (Å²) in [5, 5.41) is 6.23. The molecular formula is C9H14N2S2. The molecule has 72 valence electrons. The molecule has 1 rings (SSSR count). The highest BCUT2D eigenvalue weighted by atomic mass is 32.2. The zero-order chi connectivity index (χ0) is 9.68. The molecule has 1 aromatic heterocycles. The minimum absolute atomic E-state index is 0.990. The van der Waals surface area contributed by atoms with E-state index in [2.05, 4.69) is 28.7 Å². The molecule has 4 heteroatoms. The number of aryl methyl sites for hydroxylation is 1. The number of thiophene rings is 1. The van der Waals surface area contributed by atoms with Crippen LogP contribution in [0.15, 0.2) is 16.4 Å². The van der Waals surface area contributed by atoms with Crippen LogP contribution in [0.1, 0.15) is 10.4 Å². The third-order valence-electron chi connectivity index (χ3n) is 1.58. The summed E-state index contributed by atoms with van der Waals surface area (Å²) in [6, 6.07) is 2.22. The Morgan fingerprint density at radius 2 is 2.46 bits per heavy atom. The van der Waals surface area contributed by atoms with E-state index in [0.717, 1.165) is 10.9 Å². The van der Waals surface area contributed by atoms with E-state index < -0.39 is 0 Å². The molecule has 13 heavy (non-hydrogen) atoms. The number of hydrogen-bond donors (Lipinski definition) is 1. The Kier molecular flexibility index (Phi) is 4.32. The van der Waals surface area contributed by atoms with Crippen LogP contribution < -0.4 is 5.32 Å². The summed E-state index contributed by atoms with van der Waals surface area (Å²) in [5.74, 6) is 0.998. The number of rotatable bonds is 2. The second-order valence-electron chi connectivity index (χ2n) is 2.63. The van der Waals surface area contributed by atoms with Crippen LogP contribution in [0.4, 0.5) is 0 Å². The molecule has 0 unspecified atom stereocenters. The van der Waals surface area contributed by atoms with Crippen molar-refractivity contribution in [1.82, 2.24) is 5.32 Å². The normalized spacial score (nSPS) is 11.8. The first-order chi connectivity index (χ1) is 6.26. The maximum atomic E-state index is 4.10. The monoisotopic (exact) mass is 214 g/mol. The van der Waals surface area contributed by atoms with Gasteiger partial charge in [-0.3, -0.25) is 4.99 Å². The average Bonchev–Trinajstić information content (AvgIpc) is 2.53. The Labute approximate surface area is 87.5 Å². The van der Waals surface area contributed by atoms with Crippen molar-refractivity contribution in [2.24, 2.45) is 4.99 Å². The van der Waals surface area contributed by atoms with Gasteiger partial charge in [0.2, 0.25) is 0 Å². The summed E-state index contributed by atoms with van der Waals surface area (Å²) in [5.41, 5.74) is 1.38. The smallest absolute Gasteiger partial charge is 0.156 e. The third kappa shape index (κ3) is 3.40. The predicted molar refractivity (Wildman–Crippen MR) is 62.8 cm³/mol. The van der Waals surface area contributed by atoms with E-state index in [1.807, 2.05) is 7.05 Å². The first kappa shape index (κ1) is 10.6. The van der Waals surface area contributed by atoms with E-state index in [1.54, 1.807) is 30.1 Å². The first-order valence-corrected chi connectivity index (χ1v) is 5.94. The van der Waals surface area contributed by atoms with Gasteiger partial charge in [-0.05, 0) is 23.9 Å². The lowest BCUT2D eigenvalue weighted by Crippen LogP contribution is -2.13. The van der Waals surface area contributed by atoms with E-state index in [0.29, 0.717) is 0 Å². The minimum Gasteiger partial charge on any atom is -0.368 e. The van der Waals surface area contributed by atoms with Crippen LogP contribution in [-0.2, 0) is 5.75 Å². The molecule has 0 fully saturated rings. The second kappa shape index (κ2) is 5.29. The van der Waals surface area contributed by atoms with Gasteiger partial charge in [-0.2, -0.15) is 0 Å². The molecule has 0 saturated heterocycles. The topological polar surface area (TPSA) is 24.4 Å². The van der Waals surface area contributed by atoms with Gasteiger partial charge in [-0.1, -0.05) is 11.8 Å². The van der Waals surface area contributed by atoms with E-state index in [-0.39, 0.29) is 0 Å². The number of aliphatic imine (C=N–C) groups is 1. The van der Waals surface area contributed by atoms with Crippen LogP contribution >= 0.6 is 23.1 Å². The highest BCUT2D eigenvalue weighted by Crippen LogP contribution is 2.18. The Balaban J connectivity index is 2.43. The van der Waals surface area contributed by atoms with Crippen molar-refractivity contribution in [3.05, 3.63) is 21.9 Å². The maximum Gasteiger partial charge on any atom is 0.156 e. The maximum absolute atomic E-state index is 4.10. The molecule has 1 N–H and O–H groups in total. The molecule has 0 aliphatic heterocycles. The molecule has 0 radical (unpaired) electrons. The van der Waals surface area contributed by atoms with Crippen LogP contribution in [0, 0.1) is 6.92 Å². The first-order valence-electron chi connectivity index (χ1n) is 4.07. The van der Waals surface area contributed by atoms with Gasteiger partial charge in [-0.15, -0.1) is 11.3 Å². The van der Waals surface area contributed by atoms with Crippen LogP contribution in [0.3, 0.4) is 0 Å². The van der Waals surface area contributed by atoms with Crippen LogP contribution in [0.25, 0.3) is 0 Å². The van der Waals surface area contributed by atoms with Gasteiger partial charge in [0.15, 0.2) is 5.17 Å². The van der Waals surface area contributed by atoms with Crippen LogP contribution in [0.5, 0.6) is 0 Å². The lowest BCUT2D eigenvalue weighted by Gasteiger charge is -2.01. The van der Waals surface area contributed by atoms with Gasteiger partial charge in [0, 0.05) is 24.7 Å². The zero-order valence-corrected chi connectivity index (χ0v) is 9.76. The van der Waals surface area contributed by atoms with Gasteiger partial charge in [0.1, 0.15) is 0 Å². The molecule has 0 amide bonds. The SMILES string of the molecule is CN=C(NC)SCc1csc(C)c1. The van der Waals surface area contributed by atoms with Crippen LogP contribution in [0.2, 0.25) is 0 Å². The molecule has 2 nitrogen and oxygen atoms in total. The van der Waals surface area contributed by atoms with Crippen molar-refractivity contribution < 1.29 is 0 Å². The minimum atomic E-state index is 0.990. The summed E-state index contributed by atoms with van der Waals surface area (Å²) < 4.78 is 0. The van der Waals surface area contributed by atoms with Gasteiger partial charge in [-0.25, -0.2) is 0 Å². The highest BCUT2D eigenvalue weighted by Gasteiger charge is 1.99. The van der Waals surface area contributed by atoms with Crippen molar-refractivity contribution >= 4 is 28.3 Å². The zero-order valence-electron chi connectivity index (χ0n) is 8.13. The molecule has 0 aliphatic carbocycles. The van der Waals surface area contributed by atoms with Gasteiger partial charge in [0.05, 0.1) is 0 Å². The molecule has 0 bridgehead atoms. The molecule has 1 heterocycles. The lowest BCUT2D eigenvalue weighted by molar-refractivity contribution is 1.18. The Morgan fingerprint density at radius 1 is 1.69 bits per heavy atom. The number of nitrogens with one attached hydrogen (secondary N) is 1. The quantitative estimate of drug-likeness (QED) is 0.604. The summed E-state index contributed by atoms with van der Waals surface area (Å²) in [4.78, 5) is 5.47. The molecule has 0 aliphatic rings. The molecule has 0 saturated carbocycles. The molecule has 1 aromatic rings. The van der Waals surface area contributed by atoms with Crippen molar-refractivity contribution in [2.75, 3.05) is 14.1 Å². The number of thioether (sulfide) groups is 1. The fourth-order valence-corrected chi connectivity index (χ4v) is 2.53. The van der Waals surface area contributed by atoms with Crippen molar-refractivity contribution in [1.29, 1.82) is 0 Å². The van der Waals surface area contributed by atoms with Crippen molar-refractivity contribution in [3.8, 4) is 0 Å². The van der Waals surface area contributed by atoms with E-state index >= 15 is 0 Å². The van der Waals surface area contributed by atoms with Crippen molar-refractivity contribution in [2.45, 2.75) is 12.7 Å². The second-order valence-corrected chi connectivity index (χ2v) is 4.71. The van der Waals surface area contributed by atoms with Gasteiger partial charge < -0.3 is 5.32 Å². The highest BCUT2D eigenvalue weighted by molar-refractivity contribution is 8.13. The summed E-state index contributed by atoms with van der Waals surface area (Å²) in [6.45, 7) is 2.13. The largest absolute Gasteiger partial charge is 0.368 e.